The molecule has 2 aliphatic heterocycles. The normalized spacial score (nSPS) is 14.7. The van der Waals surface area contributed by atoms with Gasteiger partial charge in [0.2, 0.25) is 0 Å². The summed E-state index contributed by atoms with van der Waals surface area (Å²) in [5.74, 6) is 10.6. The second-order valence-corrected chi connectivity index (χ2v) is 46.2. The van der Waals surface area contributed by atoms with Gasteiger partial charge in [-0.15, -0.1) is 0 Å². The monoisotopic (exact) mass is 1320 g/mol. The topological polar surface area (TPSA) is 0 Å². The molecule has 0 unspecified atom stereocenters. The van der Waals surface area contributed by atoms with E-state index in [2.05, 4.69) is 316 Å². The van der Waals surface area contributed by atoms with Crippen molar-refractivity contribution in [2.75, 3.05) is 0 Å². The van der Waals surface area contributed by atoms with Gasteiger partial charge in [0.25, 0.3) is 0 Å². The molecule has 0 nitrogen and oxygen atoms in total. The number of benzene rings is 10. The number of hydrogen-bond acceptors (Lipinski definition) is 4. The molecule has 16 rings (SSSR count). The Morgan fingerprint density at radius 2 is 0.420 bits per heavy atom. The van der Waals surface area contributed by atoms with E-state index in [1.54, 1.807) is 17.6 Å². The molecule has 0 saturated carbocycles. The predicted molar refractivity (Wildman–Crippen MR) is 396 cm³/mol. The van der Waals surface area contributed by atoms with Crippen molar-refractivity contribution in [3.8, 4) is 22.3 Å². The number of aryl methyl sites for hydroxylation is 2. The van der Waals surface area contributed by atoms with Crippen LogP contribution >= 0.6 is 45.3 Å². The van der Waals surface area contributed by atoms with E-state index >= 15 is 0 Å². The van der Waals surface area contributed by atoms with Gasteiger partial charge >= 0.3 is 543 Å². The van der Waals surface area contributed by atoms with Crippen LogP contribution in [0.15, 0.2) is 279 Å². The van der Waals surface area contributed by atoms with Gasteiger partial charge in [0.05, 0.1) is 0 Å². The molecule has 0 fully saturated rings. The molecule has 88 heavy (non-hydrogen) atoms. The number of allylic oxidation sites excluding steroid dienone is 4. The van der Waals surface area contributed by atoms with Gasteiger partial charge in [-0.3, -0.25) is 0 Å². The SMILES string of the molecule is Cc1c([C]2=C(c3ccccc3)C(c3ccccc3)=[C](c3sc4ccccc4c3C)[Ge]2([CH3])[CH3])sc2ccccc12.[CH3][Ge]1([CH3])[C](c2sc3ccccc3c2-c2ccccc2)=C(c2ccccc2)C(c2ccccc2)=[C]1c1sc2ccccc2c1-c1ccccc1. The van der Waals surface area contributed by atoms with Crippen LogP contribution in [0, 0.1) is 13.8 Å². The first kappa shape index (κ1) is 56.6. The van der Waals surface area contributed by atoms with Gasteiger partial charge in [-0.2, -0.15) is 0 Å². The van der Waals surface area contributed by atoms with Gasteiger partial charge in [0, 0.05) is 0 Å². The molecule has 0 bridgehead atoms. The average molecular weight is 1320 g/mol. The third-order valence-electron chi connectivity index (χ3n) is 18.2. The molecule has 424 valence electrons. The first-order chi connectivity index (χ1) is 43.1. The number of fused-ring (bicyclic) bond motifs is 4. The standard InChI is InChI=1S/C46H34GeS2.C36H30GeS2/c1-47(2)43(45-39(31-19-7-3-8-20-31)35-27-15-17-29-37(35)48-45)41(33-23-11-5-12-24-33)42(34-25-13-6-14-26-34)44(47)46-40(32-21-9-4-10-22-32)36-28-16-18-30-38(36)49-46;1-23-27-19-11-13-21-29(27)38-35(23)33-31(25-15-7-5-8-16-25)32(26-17-9-6-10-18-26)34(37(33,3)4)36-24(2)28-20-12-14-22-30(28)39-36/h3-30H,1-2H3;5-22H,1-4H3. The van der Waals surface area contributed by atoms with E-state index in [1.807, 2.05) is 45.3 Å². The summed E-state index contributed by atoms with van der Waals surface area (Å²) < 4.78 is 11.9. The summed E-state index contributed by atoms with van der Waals surface area (Å²) in [6.07, 6.45) is 0. The zero-order valence-corrected chi connectivity index (χ0v) is 57.7. The van der Waals surface area contributed by atoms with E-state index in [-0.39, 0.29) is 0 Å². The fourth-order valence-electron chi connectivity index (χ4n) is 14.2. The van der Waals surface area contributed by atoms with Crippen LogP contribution in [0.2, 0.25) is 23.0 Å². The third-order valence-corrected chi connectivity index (χ3v) is 39.3. The van der Waals surface area contributed by atoms with Gasteiger partial charge in [0.15, 0.2) is 0 Å². The molecule has 0 aliphatic carbocycles. The summed E-state index contributed by atoms with van der Waals surface area (Å²) in [5, 5.41) is 5.47. The Morgan fingerprint density at radius 3 is 0.693 bits per heavy atom. The van der Waals surface area contributed by atoms with Crippen molar-refractivity contribution in [2.45, 2.75) is 36.9 Å². The molecule has 0 amide bonds. The minimum atomic E-state index is -3.18. The molecule has 0 radical (unpaired) electrons. The summed E-state index contributed by atoms with van der Waals surface area (Å²) >= 11 is 1.89. The summed E-state index contributed by atoms with van der Waals surface area (Å²) in [6, 6.07) is 103. The summed E-state index contributed by atoms with van der Waals surface area (Å²) in [7, 11) is 0. The molecule has 4 aromatic heterocycles. The van der Waals surface area contributed by atoms with Crippen molar-refractivity contribution in [3.05, 3.63) is 332 Å². The van der Waals surface area contributed by atoms with Gasteiger partial charge in [0.1, 0.15) is 0 Å². The average Bonchev–Trinajstić information content (AvgIpc) is 1.56. The van der Waals surface area contributed by atoms with Crippen LogP contribution in [-0.4, -0.2) is 26.5 Å². The van der Waals surface area contributed by atoms with Gasteiger partial charge < -0.3 is 0 Å². The second-order valence-electron chi connectivity index (χ2n) is 24.2. The molecule has 14 aromatic rings. The van der Waals surface area contributed by atoms with Crippen molar-refractivity contribution < 1.29 is 0 Å². The van der Waals surface area contributed by atoms with E-state index in [1.165, 1.54) is 138 Å². The molecule has 0 N–H and O–H groups in total. The van der Waals surface area contributed by atoms with Crippen LogP contribution < -0.4 is 0 Å². The van der Waals surface area contributed by atoms with Crippen molar-refractivity contribution >= 4 is 152 Å². The van der Waals surface area contributed by atoms with Crippen molar-refractivity contribution in [2.24, 2.45) is 0 Å². The Morgan fingerprint density at radius 1 is 0.216 bits per heavy atom. The molecule has 10 aromatic carbocycles. The molecule has 0 atom stereocenters. The molecular weight excluding hydrogens is 1260 g/mol. The van der Waals surface area contributed by atoms with Gasteiger partial charge in [-0.1, -0.05) is 0 Å². The zero-order valence-electron chi connectivity index (χ0n) is 50.2. The quantitative estimate of drug-likeness (QED) is 0.120. The number of rotatable bonds is 10. The molecule has 2 aliphatic rings. The Balaban J connectivity index is 0.000000152. The molecule has 0 saturated heterocycles. The maximum absolute atomic E-state index is 3.18. The van der Waals surface area contributed by atoms with Crippen LogP contribution in [0.5, 0.6) is 0 Å². The van der Waals surface area contributed by atoms with E-state index in [9.17, 15) is 0 Å². The predicted octanol–water partition coefficient (Wildman–Crippen LogP) is 24.8. The van der Waals surface area contributed by atoms with Crippen molar-refractivity contribution in [1.29, 1.82) is 0 Å². The second kappa shape index (κ2) is 23.2. The van der Waals surface area contributed by atoms with Crippen molar-refractivity contribution in [3.63, 3.8) is 0 Å². The third kappa shape index (κ3) is 9.58. The maximum atomic E-state index is 2.65. The molecule has 6 heteroatoms. The zero-order chi connectivity index (χ0) is 59.7. The number of hydrogen-bond donors (Lipinski definition) is 0. The van der Waals surface area contributed by atoms with Crippen LogP contribution in [0.25, 0.3) is 103 Å². The summed E-state index contributed by atoms with van der Waals surface area (Å²) in [4.78, 5) is 5.84. The van der Waals surface area contributed by atoms with Crippen LogP contribution in [-0.2, 0) is 0 Å². The van der Waals surface area contributed by atoms with E-state index in [0.29, 0.717) is 0 Å². The minimum absolute atomic E-state index is 1.29. The Bertz CT molecular complexity index is 4790. The van der Waals surface area contributed by atoms with Crippen molar-refractivity contribution in [1.82, 2.24) is 0 Å². The Kier molecular flexibility index (Phi) is 14.9. The summed E-state index contributed by atoms with van der Waals surface area (Å²) in [5.41, 5.74) is 19.1. The first-order valence-electron chi connectivity index (χ1n) is 30.4. The number of thiophene rings is 4. The molecule has 6 heterocycles. The van der Waals surface area contributed by atoms with Crippen LogP contribution in [0.4, 0.5) is 0 Å². The Hall–Kier alpha value is -7.91. The van der Waals surface area contributed by atoms with Gasteiger partial charge in [-0.25, -0.2) is 0 Å². The molecule has 0 spiro atoms. The fraction of sp³-hybridized carbons (Fsp3) is 0.0732. The van der Waals surface area contributed by atoms with E-state index in [4.69, 9.17) is 0 Å². The molecular formula is C82H64Ge2S4. The van der Waals surface area contributed by atoms with Crippen LogP contribution in [0.1, 0.15) is 52.9 Å². The Labute approximate surface area is 538 Å². The fourth-order valence-corrected chi connectivity index (χ4v) is 40.1. The van der Waals surface area contributed by atoms with E-state index < -0.39 is 26.5 Å². The van der Waals surface area contributed by atoms with Gasteiger partial charge in [-0.05, 0) is 0 Å². The van der Waals surface area contributed by atoms with E-state index in [0.717, 1.165) is 0 Å². The van der Waals surface area contributed by atoms with Crippen LogP contribution in [0.3, 0.4) is 0 Å². The summed E-state index contributed by atoms with van der Waals surface area (Å²) in [6.45, 7) is 4.68. The first-order valence-corrected chi connectivity index (χ1v) is 46.3.